The second kappa shape index (κ2) is 7.00. The zero-order valence-corrected chi connectivity index (χ0v) is 13.6. The summed E-state index contributed by atoms with van der Waals surface area (Å²) in [5.41, 5.74) is 0.305. The summed E-state index contributed by atoms with van der Waals surface area (Å²) in [6, 6.07) is 3.25. The SMILES string of the molecule is CCn1cc(C(=O)C(=O)N2CCCC2CC(O)c2ccco2)cn1. The van der Waals surface area contributed by atoms with E-state index in [9.17, 15) is 14.7 Å². The van der Waals surface area contributed by atoms with Gasteiger partial charge in [-0.2, -0.15) is 5.10 Å². The normalized spacial score (nSPS) is 18.8. The molecule has 0 bridgehead atoms. The molecule has 2 aromatic rings. The van der Waals surface area contributed by atoms with E-state index in [-0.39, 0.29) is 6.04 Å². The molecule has 1 aliphatic rings. The van der Waals surface area contributed by atoms with Crippen LogP contribution in [0.25, 0.3) is 0 Å². The van der Waals surface area contributed by atoms with Crippen LogP contribution in [-0.2, 0) is 11.3 Å². The van der Waals surface area contributed by atoms with Gasteiger partial charge in [0.25, 0.3) is 11.7 Å². The Kier molecular flexibility index (Phi) is 4.80. The Hall–Kier alpha value is -2.41. The van der Waals surface area contributed by atoms with Crippen LogP contribution in [0.5, 0.6) is 0 Å². The number of carbonyl (C=O) groups excluding carboxylic acids is 2. The van der Waals surface area contributed by atoms with Gasteiger partial charge in [0, 0.05) is 31.7 Å². The fraction of sp³-hybridized carbons (Fsp3) is 0.471. The fourth-order valence-electron chi connectivity index (χ4n) is 3.11. The van der Waals surface area contributed by atoms with E-state index < -0.39 is 17.8 Å². The fourth-order valence-corrected chi connectivity index (χ4v) is 3.11. The van der Waals surface area contributed by atoms with Crippen LogP contribution in [0, 0.1) is 0 Å². The average molecular weight is 331 g/mol. The van der Waals surface area contributed by atoms with Crippen molar-refractivity contribution in [1.29, 1.82) is 0 Å². The number of aliphatic hydroxyl groups is 1. The number of rotatable bonds is 6. The summed E-state index contributed by atoms with van der Waals surface area (Å²) in [5.74, 6) is -0.598. The number of hydrogen-bond acceptors (Lipinski definition) is 5. The predicted octanol–water partition coefficient (Wildman–Crippen LogP) is 1.79. The third kappa shape index (κ3) is 3.26. The minimum Gasteiger partial charge on any atom is -0.467 e. The molecule has 3 heterocycles. The van der Waals surface area contributed by atoms with Crippen molar-refractivity contribution in [2.75, 3.05) is 6.54 Å². The highest BCUT2D eigenvalue weighted by atomic mass is 16.4. The van der Waals surface area contributed by atoms with Crippen molar-refractivity contribution in [3.8, 4) is 0 Å². The number of carbonyl (C=O) groups is 2. The van der Waals surface area contributed by atoms with Gasteiger partial charge in [0.15, 0.2) is 0 Å². The first-order chi connectivity index (χ1) is 11.6. The zero-order chi connectivity index (χ0) is 17.1. The molecular weight excluding hydrogens is 310 g/mol. The molecule has 1 amide bonds. The molecule has 2 atom stereocenters. The Morgan fingerprint density at radius 1 is 1.50 bits per heavy atom. The van der Waals surface area contributed by atoms with Crippen molar-refractivity contribution >= 4 is 11.7 Å². The minimum atomic E-state index is -0.781. The van der Waals surface area contributed by atoms with Crippen molar-refractivity contribution in [1.82, 2.24) is 14.7 Å². The number of ketones is 1. The number of Topliss-reactive ketones (excluding diaryl/α,β-unsaturated/α-hetero) is 1. The summed E-state index contributed by atoms with van der Waals surface area (Å²) >= 11 is 0. The van der Waals surface area contributed by atoms with Crippen LogP contribution in [0.2, 0.25) is 0 Å². The summed E-state index contributed by atoms with van der Waals surface area (Å²) in [7, 11) is 0. The van der Waals surface area contributed by atoms with Gasteiger partial charge in [0.2, 0.25) is 0 Å². The molecule has 3 rings (SSSR count). The molecule has 2 aromatic heterocycles. The molecule has 0 aliphatic carbocycles. The summed E-state index contributed by atoms with van der Waals surface area (Å²) in [5, 5.41) is 14.3. The Bertz CT molecular complexity index is 707. The maximum Gasteiger partial charge on any atom is 0.295 e. The highest BCUT2D eigenvalue weighted by Crippen LogP contribution is 2.28. The van der Waals surface area contributed by atoms with E-state index in [1.54, 1.807) is 27.9 Å². The van der Waals surface area contributed by atoms with E-state index in [1.807, 2.05) is 6.92 Å². The van der Waals surface area contributed by atoms with Crippen molar-refractivity contribution < 1.29 is 19.1 Å². The molecule has 1 fully saturated rings. The van der Waals surface area contributed by atoms with Crippen LogP contribution in [0.3, 0.4) is 0 Å². The van der Waals surface area contributed by atoms with Gasteiger partial charge >= 0.3 is 0 Å². The smallest absolute Gasteiger partial charge is 0.295 e. The van der Waals surface area contributed by atoms with E-state index >= 15 is 0 Å². The molecule has 0 saturated carbocycles. The number of aromatic nitrogens is 2. The number of aliphatic hydroxyl groups excluding tert-OH is 1. The van der Waals surface area contributed by atoms with Crippen molar-refractivity contribution in [2.24, 2.45) is 0 Å². The first kappa shape index (κ1) is 16.4. The lowest BCUT2D eigenvalue weighted by Gasteiger charge is -2.25. The third-order valence-electron chi connectivity index (χ3n) is 4.42. The first-order valence-electron chi connectivity index (χ1n) is 8.19. The van der Waals surface area contributed by atoms with E-state index in [0.29, 0.717) is 30.8 Å². The predicted molar refractivity (Wildman–Crippen MR) is 85.3 cm³/mol. The summed E-state index contributed by atoms with van der Waals surface area (Å²) < 4.78 is 6.82. The maximum atomic E-state index is 12.6. The van der Waals surface area contributed by atoms with Crippen LogP contribution in [0.4, 0.5) is 0 Å². The summed E-state index contributed by atoms with van der Waals surface area (Å²) in [6.07, 6.45) is 5.69. The highest BCUT2D eigenvalue weighted by molar-refractivity contribution is 6.42. The topological polar surface area (TPSA) is 88.6 Å². The summed E-state index contributed by atoms with van der Waals surface area (Å²) in [4.78, 5) is 26.5. The van der Waals surface area contributed by atoms with E-state index in [0.717, 1.165) is 12.8 Å². The van der Waals surface area contributed by atoms with Gasteiger partial charge in [-0.3, -0.25) is 14.3 Å². The molecule has 128 valence electrons. The highest BCUT2D eigenvalue weighted by Gasteiger charge is 2.35. The zero-order valence-electron chi connectivity index (χ0n) is 13.6. The minimum absolute atomic E-state index is 0.164. The molecule has 24 heavy (non-hydrogen) atoms. The quantitative estimate of drug-likeness (QED) is 0.644. The standard InChI is InChI=1S/C17H21N3O4/c1-2-19-11-12(10-18-19)16(22)17(23)20-7-3-5-13(20)9-14(21)15-6-4-8-24-15/h4,6,8,10-11,13-14,21H,2-3,5,7,9H2,1H3. The van der Waals surface area contributed by atoms with Crippen molar-refractivity contribution in [3.05, 3.63) is 42.1 Å². The molecule has 0 aromatic carbocycles. The second-order valence-corrected chi connectivity index (χ2v) is 5.98. The Morgan fingerprint density at radius 3 is 3.00 bits per heavy atom. The lowest BCUT2D eigenvalue weighted by atomic mass is 10.0. The Morgan fingerprint density at radius 2 is 2.33 bits per heavy atom. The first-order valence-corrected chi connectivity index (χ1v) is 8.19. The molecular formula is C17H21N3O4. The molecule has 0 spiro atoms. The van der Waals surface area contributed by atoms with Crippen LogP contribution >= 0.6 is 0 Å². The maximum absolute atomic E-state index is 12.6. The summed E-state index contributed by atoms with van der Waals surface area (Å²) in [6.45, 7) is 3.08. The largest absolute Gasteiger partial charge is 0.467 e. The number of aryl methyl sites for hydroxylation is 1. The Balaban J connectivity index is 1.67. The third-order valence-corrected chi connectivity index (χ3v) is 4.42. The van der Waals surface area contributed by atoms with Gasteiger partial charge in [-0.25, -0.2) is 0 Å². The number of nitrogens with zero attached hydrogens (tertiary/aromatic N) is 3. The molecule has 1 aliphatic heterocycles. The van der Waals surface area contributed by atoms with Gasteiger partial charge in [-0.15, -0.1) is 0 Å². The van der Waals surface area contributed by atoms with Gasteiger partial charge in [-0.05, 0) is 31.9 Å². The number of hydrogen-bond donors (Lipinski definition) is 1. The van der Waals surface area contributed by atoms with Gasteiger partial charge < -0.3 is 14.4 Å². The molecule has 1 saturated heterocycles. The van der Waals surface area contributed by atoms with E-state index in [2.05, 4.69) is 5.10 Å². The number of likely N-dealkylation sites (tertiary alicyclic amines) is 1. The van der Waals surface area contributed by atoms with Crippen LogP contribution in [0.15, 0.2) is 35.2 Å². The molecule has 1 N–H and O–H groups in total. The Labute approximate surface area is 139 Å². The second-order valence-electron chi connectivity index (χ2n) is 5.98. The number of amides is 1. The molecule has 0 radical (unpaired) electrons. The monoisotopic (exact) mass is 331 g/mol. The lowest BCUT2D eigenvalue weighted by molar-refractivity contribution is -0.127. The molecule has 7 nitrogen and oxygen atoms in total. The van der Waals surface area contributed by atoms with Crippen molar-refractivity contribution in [3.63, 3.8) is 0 Å². The van der Waals surface area contributed by atoms with Crippen LogP contribution in [0.1, 0.15) is 48.4 Å². The van der Waals surface area contributed by atoms with Crippen LogP contribution < -0.4 is 0 Å². The number of furan rings is 1. The van der Waals surface area contributed by atoms with Gasteiger partial charge in [0.1, 0.15) is 11.9 Å². The van der Waals surface area contributed by atoms with Gasteiger partial charge in [0.05, 0.1) is 18.0 Å². The molecule has 2 unspecified atom stereocenters. The van der Waals surface area contributed by atoms with Gasteiger partial charge in [-0.1, -0.05) is 0 Å². The molecule has 7 heteroatoms. The van der Waals surface area contributed by atoms with E-state index in [1.165, 1.54) is 12.5 Å². The van der Waals surface area contributed by atoms with E-state index in [4.69, 9.17) is 4.42 Å². The van der Waals surface area contributed by atoms with Crippen LogP contribution in [-0.4, -0.2) is 44.1 Å². The lowest BCUT2D eigenvalue weighted by Crippen LogP contribution is -2.40. The van der Waals surface area contributed by atoms with Crippen molar-refractivity contribution in [2.45, 2.75) is 44.9 Å². The average Bonchev–Trinajstić information content (AvgIpc) is 3.33.